The summed E-state index contributed by atoms with van der Waals surface area (Å²) < 4.78 is 53.4. The van der Waals surface area contributed by atoms with E-state index >= 15 is 0 Å². The molecule has 0 radical (unpaired) electrons. The van der Waals surface area contributed by atoms with Gasteiger partial charge in [-0.15, -0.1) is 0 Å². The largest absolute Gasteiger partial charge is 0.353 e. The fraction of sp³-hybridized carbons (Fsp3) is 0.682. The summed E-state index contributed by atoms with van der Waals surface area (Å²) in [7, 11) is -3.91. The van der Waals surface area contributed by atoms with Gasteiger partial charge in [-0.25, -0.2) is 17.2 Å². The molecule has 1 aromatic carbocycles. The third-order valence-electron chi connectivity index (χ3n) is 8.46. The second kappa shape index (κ2) is 7.26. The van der Waals surface area contributed by atoms with Crippen LogP contribution in [0.25, 0.3) is 0 Å². The van der Waals surface area contributed by atoms with Gasteiger partial charge in [0.2, 0.25) is 15.9 Å². The van der Waals surface area contributed by atoms with Crippen LogP contribution in [0.1, 0.15) is 52.9 Å². The molecule has 3 unspecified atom stereocenters. The van der Waals surface area contributed by atoms with E-state index in [1.165, 1.54) is 10.7 Å². The summed E-state index contributed by atoms with van der Waals surface area (Å²) in [4.78, 5) is 12.7. The normalized spacial score (nSPS) is 31.8. The Kier molecular flexibility index (Phi) is 5.25. The number of hydrogen-bond acceptors (Lipinski definition) is 3. The topological polar surface area (TPSA) is 66.5 Å². The maximum atomic E-state index is 13.5. The second-order valence-corrected chi connectivity index (χ2v) is 11.9. The molecule has 2 saturated carbocycles. The molecule has 5 nitrogen and oxygen atoms in total. The van der Waals surface area contributed by atoms with Crippen LogP contribution in [-0.4, -0.2) is 37.8 Å². The second-order valence-electron chi connectivity index (χ2n) is 9.93. The molecule has 1 aromatic rings. The van der Waals surface area contributed by atoms with Gasteiger partial charge in [-0.05, 0) is 67.1 Å². The molecule has 2 bridgehead atoms. The van der Waals surface area contributed by atoms with Gasteiger partial charge in [0.05, 0.1) is 4.90 Å². The lowest BCUT2D eigenvalue weighted by Crippen LogP contribution is -2.50. The zero-order valence-electron chi connectivity index (χ0n) is 17.7. The number of piperidine rings is 1. The predicted molar refractivity (Wildman–Crippen MR) is 109 cm³/mol. The number of halogens is 2. The monoisotopic (exact) mass is 440 g/mol. The summed E-state index contributed by atoms with van der Waals surface area (Å²) in [6.45, 7) is 7.27. The van der Waals surface area contributed by atoms with Crippen LogP contribution in [0.4, 0.5) is 8.78 Å². The zero-order valence-corrected chi connectivity index (χ0v) is 18.6. The van der Waals surface area contributed by atoms with Gasteiger partial charge in [-0.2, -0.15) is 4.31 Å². The first-order valence-electron chi connectivity index (χ1n) is 10.7. The van der Waals surface area contributed by atoms with Gasteiger partial charge in [0.15, 0.2) is 11.6 Å². The maximum Gasteiger partial charge on any atom is 0.243 e. The summed E-state index contributed by atoms with van der Waals surface area (Å²) in [6, 6.07) is 2.77. The lowest BCUT2D eigenvalue weighted by Gasteiger charge is -2.40. The van der Waals surface area contributed by atoms with Gasteiger partial charge < -0.3 is 5.32 Å². The number of benzene rings is 1. The van der Waals surface area contributed by atoms with E-state index in [1.807, 2.05) is 0 Å². The number of carbonyl (C=O) groups excluding carboxylic acids is 1. The third-order valence-corrected chi connectivity index (χ3v) is 10.4. The van der Waals surface area contributed by atoms with E-state index in [9.17, 15) is 22.0 Å². The van der Waals surface area contributed by atoms with Crippen LogP contribution in [0, 0.1) is 34.3 Å². The third kappa shape index (κ3) is 3.27. The van der Waals surface area contributed by atoms with Crippen molar-refractivity contribution in [1.29, 1.82) is 0 Å². The van der Waals surface area contributed by atoms with Gasteiger partial charge >= 0.3 is 0 Å². The molecule has 1 N–H and O–H groups in total. The fourth-order valence-electron chi connectivity index (χ4n) is 5.86. The number of nitrogens with one attached hydrogen (secondary N) is 1. The highest BCUT2D eigenvalue weighted by atomic mass is 32.2. The molecule has 166 valence electrons. The Morgan fingerprint density at radius 1 is 1.10 bits per heavy atom. The Bertz CT molecular complexity index is 957. The van der Waals surface area contributed by atoms with Crippen LogP contribution < -0.4 is 5.32 Å². The number of amides is 1. The molecule has 0 aromatic heterocycles. The van der Waals surface area contributed by atoms with E-state index in [4.69, 9.17) is 0 Å². The van der Waals surface area contributed by atoms with Crippen LogP contribution in [-0.2, 0) is 14.8 Å². The average molecular weight is 441 g/mol. The summed E-state index contributed by atoms with van der Waals surface area (Å²) in [5, 5.41) is 3.28. The average Bonchev–Trinajstić information content (AvgIpc) is 3.03. The van der Waals surface area contributed by atoms with Crippen LogP contribution >= 0.6 is 0 Å². The minimum Gasteiger partial charge on any atom is -0.353 e. The molecule has 3 fully saturated rings. The Morgan fingerprint density at radius 3 is 2.30 bits per heavy atom. The maximum absolute atomic E-state index is 13.5. The highest BCUT2D eigenvalue weighted by Crippen LogP contribution is 2.65. The SMILES string of the molecule is CC1(C)C2CCC1(C)C(NC(=O)C1CCN(S(=O)(=O)c3ccc(F)c(F)c3)CC1)C2. The lowest BCUT2D eigenvalue weighted by molar-refractivity contribution is -0.127. The molecule has 1 amide bonds. The Labute approximate surface area is 177 Å². The Hall–Kier alpha value is -1.54. The minimum atomic E-state index is -3.91. The molecule has 1 saturated heterocycles. The summed E-state index contributed by atoms with van der Waals surface area (Å²) in [5.41, 5.74) is 0.316. The van der Waals surface area contributed by atoms with Crippen LogP contribution in [0.3, 0.4) is 0 Å². The van der Waals surface area contributed by atoms with Gasteiger partial charge in [0, 0.05) is 25.0 Å². The van der Waals surface area contributed by atoms with Gasteiger partial charge in [-0.1, -0.05) is 20.8 Å². The van der Waals surface area contributed by atoms with Crippen molar-refractivity contribution in [2.24, 2.45) is 22.7 Å². The number of hydrogen-bond donors (Lipinski definition) is 1. The highest BCUT2D eigenvalue weighted by Gasteiger charge is 2.61. The van der Waals surface area contributed by atoms with E-state index < -0.39 is 21.7 Å². The number of sulfonamides is 1. The number of carbonyl (C=O) groups is 1. The summed E-state index contributed by atoms with van der Waals surface area (Å²) in [5.74, 6) is -1.85. The number of nitrogens with zero attached hydrogens (tertiary/aromatic N) is 1. The molecule has 8 heteroatoms. The molecule has 4 rings (SSSR count). The van der Waals surface area contributed by atoms with Crippen molar-refractivity contribution in [3.8, 4) is 0 Å². The smallest absolute Gasteiger partial charge is 0.243 e. The standard InChI is InChI=1S/C22H30F2N2O3S/c1-21(2)15-6-9-22(21,3)19(12-15)25-20(27)14-7-10-26(11-8-14)30(28,29)16-4-5-17(23)18(24)13-16/h4-5,13-15,19H,6-12H2,1-3H3,(H,25,27). The number of fused-ring (bicyclic) bond motifs is 2. The van der Waals surface area contributed by atoms with E-state index in [1.54, 1.807) is 0 Å². The van der Waals surface area contributed by atoms with Crippen LogP contribution in [0.15, 0.2) is 23.1 Å². The molecule has 1 aliphatic heterocycles. The lowest BCUT2D eigenvalue weighted by atomic mass is 9.69. The van der Waals surface area contributed by atoms with Gasteiger partial charge in [-0.3, -0.25) is 4.79 Å². The minimum absolute atomic E-state index is 0.00875. The van der Waals surface area contributed by atoms with E-state index in [0.29, 0.717) is 24.8 Å². The molecule has 3 aliphatic rings. The van der Waals surface area contributed by atoms with Crippen molar-refractivity contribution in [3.63, 3.8) is 0 Å². The van der Waals surface area contributed by atoms with Crippen molar-refractivity contribution in [2.75, 3.05) is 13.1 Å². The van der Waals surface area contributed by atoms with E-state index in [0.717, 1.165) is 25.0 Å². The summed E-state index contributed by atoms with van der Waals surface area (Å²) in [6.07, 6.45) is 4.20. The number of rotatable bonds is 4. The van der Waals surface area contributed by atoms with Crippen molar-refractivity contribution in [2.45, 2.75) is 63.8 Å². The highest BCUT2D eigenvalue weighted by molar-refractivity contribution is 7.89. The van der Waals surface area contributed by atoms with Crippen molar-refractivity contribution in [1.82, 2.24) is 9.62 Å². The molecule has 1 heterocycles. The predicted octanol–water partition coefficient (Wildman–Crippen LogP) is 3.70. The van der Waals surface area contributed by atoms with Gasteiger partial charge in [0.1, 0.15) is 0 Å². The first-order valence-corrected chi connectivity index (χ1v) is 12.2. The molecule has 30 heavy (non-hydrogen) atoms. The molecule has 2 aliphatic carbocycles. The van der Waals surface area contributed by atoms with Crippen LogP contribution in [0.5, 0.6) is 0 Å². The zero-order chi connectivity index (χ0) is 21.9. The molecule has 3 atom stereocenters. The van der Waals surface area contributed by atoms with Gasteiger partial charge in [0.25, 0.3) is 0 Å². The Morgan fingerprint density at radius 2 is 1.77 bits per heavy atom. The fourth-order valence-corrected chi connectivity index (χ4v) is 7.34. The van der Waals surface area contributed by atoms with Crippen molar-refractivity contribution in [3.05, 3.63) is 29.8 Å². The van der Waals surface area contributed by atoms with Crippen molar-refractivity contribution >= 4 is 15.9 Å². The van der Waals surface area contributed by atoms with E-state index in [-0.39, 0.29) is 46.7 Å². The van der Waals surface area contributed by atoms with Crippen LogP contribution in [0.2, 0.25) is 0 Å². The molecular weight excluding hydrogens is 410 g/mol. The Balaban J connectivity index is 1.38. The molecular formula is C22H30F2N2O3S. The van der Waals surface area contributed by atoms with E-state index in [2.05, 4.69) is 26.1 Å². The first kappa shape index (κ1) is 21.7. The van der Waals surface area contributed by atoms with Crippen molar-refractivity contribution < 1.29 is 22.0 Å². The quantitative estimate of drug-likeness (QED) is 0.777. The first-order chi connectivity index (χ1) is 14.0. The molecule has 0 spiro atoms. The summed E-state index contributed by atoms with van der Waals surface area (Å²) >= 11 is 0.